The number of amides is 1. The molecule has 0 atom stereocenters. The van der Waals surface area contributed by atoms with E-state index in [0.29, 0.717) is 0 Å². The molecule has 0 N–H and O–H groups in total. The molecule has 2 aliphatic rings. The maximum Gasteiger partial charge on any atom is 0.253 e. The predicted octanol–water partition coefficient (Wildman–Crippen LogP) is 6.87. The number of ether oxygens (including phenoxy) is 2. The van der Waals surface area contributed by atoms with Gasteiger partial charge in [-0.3, -0.25) is 9.69 Å². The Hall–Kier alpha value is -4.29. The van der Waals surface area contributed by atoms with Crippen LogP contribution in [0.15, 0.2) is 91.0 Å². The molecule has 0 radical (unpaired) electrons. The molecule has 6 rings (SSSR count). The molecule has 1 amide bonds. The van der Waals surface area contributed by atoms with Crippen molar-refractivity contribution in [3.8, 4) is 11.5 Å². The third kappa shape index (κ3) is 6.57. The van der Waals surface area contributed by atoms with Gasteiger partial charge in [-0.2, -0.15) is 0 Å². The molecule has 2 aliphatic heterocycles. The van der Waals surface area contributed by atoms with E-state index in [1.807, 2.05) is 17.0 Å². The molecule has 0 saturated carbocycles. The SMILES string of the molecule is COc1ccc(C2(c3ccc(OC)cc3)CCCN(Cc3cccc(C(=O)N4CCN(c5ccc(C)c(C)c5)CC4)c3)C2)cc1. The number of carbonyl (C=O) groups is 1. The van der Waals surface area contributed by atoms with E-state index < -0.39 is 0 Å². The number of nitrogens with zero attached hydrogens (tertiary/aromatic N) is 3. The van der Waals surface area contributed by atoms with Crippen LogP contribution in [0.4, 0.5) is 5.69 Å². The van der Waals surface area contributed by atoms with E-state index in [1.54, 1.807) is 14.2 Å². The molecule has 0 unspecified atom stereocenters. The van der Waals surface area contributed by atoms with Gasteiger partial charge in [0.25, 0.3) is 5.91 Å². The summed E-state index contributed by atoms with van der Waals surface area (Å²) >= 11 is 0. The van der Waals surface area contributed by atoms with Gasteiger partial charge in [-0.1, -0.05) is 42.5 Å². The van der Waals surface area contributed by atoms with Gasteiger partial charge >= 0.3 is 0 Å². The lowest BCUT2D eigenvalue weighted by Crippen LogP contribution is -2.48. The Kier molecular flexibility index (Phi) is 9.13. The smallest absolute Gasteiger partial charge is 0.253 e. The number of carbonyl (C=O) groups excluding carboxylic acids is 1. The summed E-state index contributed by atoms with van der Waals surface area (Å²) in [5.41, 5.74) is 8.25. The zero-order valence-electron chi connectivity index (χ0n) is 27.1. The predicted molar refractivity (Wildman–Crippen MR) is 182 cm³/mol. The number of hydrogen-bond donors (Lipinski definition) is 0. The molecule has 6 nitrogen and oxygen atoms in total. The topological polar surface area (TPSA) is 45.3 Å². The molecule has 234 valence electrons. The van der Waals surface area contributed by atoms with Crippen molar-refractivity contribution < 1.29 is 14.3 Å². The summed E-state index contributed by atoms with van der Waals surface area (Å²) in [6.07, 6.45) is 2.15. The van der Waals surface area contributed by atoms with E-state index in [9.17, 15) is 4.79 Å². The summed E-state index contributed by atoms with van der Waals surface area (Å²) in [6.45, 7) is 10.2. The second-order valence-electron chi connectivity index (χ2n) is 12.6. The van der Waals surface area contributed by atoms with E-state index in [4.69, 9.17) is 9.47 Å². The Morgan fingerprint density at radius 2 is 1.38 bits per heavy atom. The van der Waals surface area contributed by atoms with Gasteiger partial charge < -0.3 is 19.3 Å². The van der Waals surface area contributed by atoms with Gasteiger partial charge in [0, 0.05) is 55.9 Å². The molecule has 0 spiro atoms. The lowest BCUT2D eigenvalue weighted by atomic mass is 9.69. The molecular weight excluding hydrogens is 558 g/mol. The van der Waals surface area contributed by atoms with Crippen molar-refractivity contribution in [1.29, 1.82) is 0 Å². The van der Waals surface area contributed by atoms with E-state index in [2.05, 4.69) is 103 Å². The number of rotatable bonds is 8. The number of aryl methyl sites for hydroxylation is 2. The van der Waals surface area contributed by atoms with Gasteiger partial charge in [0.05, 0.1) is 14.2 Å². The first kappa shape index (κ1) is 30.7. The zero-order valence-corrected chi connectivity index (χ0v) is 27.1. The Labute approximate surface area is 268 Å². The van der Waals surface area contributed by atoms with Crippen molar-refractivity contribution in [3.05, 3.63) is 124 Å². The summed E-state index contributed by atoms with van der Waals surface area (Å²) in [5.74, 6) is 1.86. The molecule has 0 aliphatic carbocycles. The first-order valence-corrected chi connectivity index (χ1v) is 16.1. The average Bonchev–Trinajstić information content (AvgIpc) is 3.09. The van der Waals surface area contributed by atoms with Crippen LogP contribution in [0, 0.1) is 13.8 Å². The van der Waals surface area contributed by atoms with Crippen molar-refractivity contribution in [2.24, 2.45) is 0 Å². The minimum Gasteiger partial charge on any atom is -0.497 e. The summed E-state index contributed by atoms with van der Waals surface area (Å²) in [5, 5.41) is 0. The van der Waals surface area contributed by atoms with Crippen LogP contribution in [0.2, 0.25) is 0 Å². The highest BCUT2D eigenvalue weighted by Gasteiger charge is 2.39. The van der Waals surface area contributed by atoms with Crippen LogP contribution in [0.25, 0.3) is 0 Å². The van der Waals surface area contributed by atoms with Crippen LogP contribution >= 0.6 is 0 Å². The third-order valence-corrected chi connectivity index (χ3v) is 9.86. The van der Waals surface area contributed by atoms with Crippen molar-refractivity contribution in [3.63, 3.8) is 0 Å². The quantitative estimate of drug-likeness (QED) is 0.220. The fraction of sp³-hybridized carbons (Fsp3) is 0.359. The molecule has 45 heavy (non-hydrogen) atoms. The zero-order chi connectivity index (χ0) is 31.4. The van der Waals surface area contributed by atoms with E-state index in [0.717, 1.165) is 75.7 Å². The summed E-state index contributed by atoms with van der Waals surface area (Å²) < 4.78 is 10.9. The lowest BCUT2D eigenvalue weighted by Gasteiger charge is -2.44. The monoisotopic (exact) mass is 603 g/mol. The lowest BCUT2D eigenvalue weighted by molar-refractivity contribution is 0.0746. The van der Waals surface area contributed by atoms with E-state index in [1.165, 1.54) is 33.5 Å². The number of likely N-dealkylation sites (tertiary alicyclic amines) is 1. The minimum absolute atomic E-state index is 0.126. The fourth-order valence-electron chi connectivity index (χ4n) is 7.07. The Morgan fingerprint density at radius 1 is 0.733 bits per heavy atom. The maximum atomic E-state index is 13.6. The highest BCUT2D eigenvalue weighted by Crippen LogP contribution is 2.42. The van der Waals surface area contributed by atoms with Crippen LogP contribution in [0.3, 0.4) is 0 Å². The molecule has 6 heteroatoms. The molecule has 0 bridgehead atoms. The number of piperazine rings is 1. The molecule has 0 aromatic heterocycles. The van der Waals surface area contributed by atoms with Gasteiger partial charge in [0.1, 0.15) is 11.5 Å². The van der Waals surface area contributed by atoms with Gasteiger partial charge in [-0.25, -0.2) is 0 Å². The Morgan fingerprint density at radius 3 is 1.98 bits per heavy atom. The molecular formula is C39H45N3O3. The Balaban J connectivity index is 1.16. The second kappa shape index (κ2) is 13.4. The normalized spacial score (nSPS) is 16.8. The highest BCUT2D eigenvalue weighted by atomic mass is 16.5. The van der Waals surface area contributed by atoms with Crippen LogP contribution < -0.4 is 14.4 Å². The largest absolute Gasteiger partial charge is 0.497 e. The number of piperidine rings is 1. The highest BCUT2D eigenvalue weighted by molar-refractivity contribution is 5.94. The number of methoxy groups -OCH3 is 2. The van der Waals surface area contributed by atoms with Crippen molar-refractivity contribution in [2.75, 3.05) is 58.4 Å². The van der Waals surface area contributed by atoms with Crippen molar-refractivity contribution in [2.45, 2.75) is 38.6 Å². The van der Waals surface area contributed by atoms with Gasteiger partial charge in [0.15, 0.2) is 0 Å². The first-order chi connectivity index (χ1) is 21.9. The summed E-state index contributed by atoms with van der Waals surface area (Å²) in [7, 11) is 3.42. The molecule has 4 aromatic rings. The Bertz CT molecular complexity index is 1560. The van der Waals surface area contributed by atoms with Crippen LogP contribution in [-0.2, 0) is 12.0 Å². The van der Waals surface area contributed by atoms with Crippen molar-refractivity contribution >= 4 is 11.6 Å². The van der Waals surface area contributed by atoms with Crippen molar-refractivity contribution in [1.82, 2.24) is 9.80 Å². The summed E-state index contributed by atoms with van der Waals surface area (Å²) in [6, 6.07) is 32.0. The number of hydrogen-bond acceptors (Lipinski definition) is 5. The maximum absolute atomic E-state index is 13.6. The molecule has 2 saturated heterocycles. The van der Waals surface area contributed by atoms with E-state index >= 15 is 0 Å². The van der Waals surface area contributed by atoms with Gasteiger partial charge in [-0.15, -0.1) is 0 Å². The number of benzene rings is 4. The van der Waals surface area contributed by atoms with Crippen LogP contribution in [-0.4, -0.2) is 69.2 Å². The van der Waals surface area contributed by atoms with Gasteiger partial charge in [-0.05, 0) is 110 Å². The van der Waals surface area contributed by atoms with Gasteiger partial charge in [0.2, 0.25) is 0 Å². The second-order valence-corrected chi connectivity index (χ2v) is 12.6. The number of anilines is 1. The van der Waals surface area contributed by atoms with Crippen LogP contribution in [0.5, 0.6) is 11.5 Å². The molecule has 2 heterocycles. The first-order valence-electron chi connectivity index (χ1n) is 16.1. The standard InChI is InChI=1S/C39H45N3O3/c1-29-9-14-35(25-30(29)2)41-21-23-42(24-22-41)38(43)32-8-5-7-31(26-32)27-40-20-6-19-39(28-40,33-10-15-36(44-3)16-11-33)34-12-17-37(45-4)18-13-34/h5,7-18,25-26H,6,19-24,27-28H2,1-4H3. The molecule has 4 aromatic carbocycles. The minimum atomic E-state index is -0.153. The fourth-order valence-corrected chi connectivity index (χ4v) is 7.07. The van der Waals surface area contributed by atoms with Crippen LogP contribution in [0.1, 0.15) is 51.0 Å². The molecule has 2 fully saturated rings. The summed E-state index contributed by atoms with van der Waals surface area (Å²) in [4.78, 5) is 20.6. The van der Waals surface area contributed by atoms with E-state index in [-0.39, 0.29) is 11.3 Å². The third-order valence-electron chi connectivity index (χ3n) is 9.86. The average molecular weight is 604 g/mol.